The van der Waals surface area contributed by atoms with Crippen molar-refractivity contribution >= 4 is 23.4 Å². The summed E-state index contributed by atoms with van der Waals surface area (Å²) >= 11 is 0.671. The zero-order valence-corrected chi connectivity index (χ0v) is 17.4. The van der Waals surface area contributed by atoms with Gasteiger partial charge in [-0.3, -0.25) is 9.48 Å². The number of para-hydroxylation sites is 1. The van der Waals surface area contributed by atoms with Gasteiger partial charge in [0.15, 0.2) is 0 Å². The summed E-state index contributed by atoms with van der Waals surface area (Å²) in [4.78, 5) is 12.8. The molecule has 0 atom stereocenters. The molecule has 2 rings (SSSR count). The van der Waals surface area contributed by atoms with Gasteiger partial charge in [0.05, 0.1) is 17.1 Å². The van der Waals surface area contributed by atoms with E-state index in [-0.39, 0.29) is 12.3 Å². The van der Waals surface area contributed by atoms with Crippen LogP contribution in [0.4, 0.5) is 18.9 Å². The highest BCUT2D eigenvalue weighted by molar-refractivity contribution is 7.99. The number of hydrogen-bond donors (Lipinski definition) is 1. The Kier molecular flexibility index (Phi) is 7.57. The number of thioether (sulfide) groups is 1. The third-order valence-electron chi connectivity index (χ3n) is 4.22. The molecular weight excluding hydrogens is 387 g/mol. The molecule has 0 saturated heterocycles. The Morgan fingerprint density at radius 2 is 1.93 bits per heavy atom. The third kappa shape index (κ3) is 6.58. The van der Waals surface area contributed by atoms with E-state index in [4.69, 9.17) is 0 Å². The van der Waals surface area contributed by atoms with E-state index in [1.54, 1.807) is 24.3 Å². The van der Waals surface area contributed by atoms with Crippen LogP contribution in [0.1, 0.15) is 37.2 Å². The number of carbonyl (C=O) groups excluding carboxylic acids is 1. The van der Waals surface area contributed by atoms with Crippen LogP contribution in [0.2, 0.25) is 0 Å². The van der Waals surface area contributed by atoms with Gasteiger partial charge < -0.3 is 5.32 Å². The highest BCUT2D eigenvalue weighted by Gasteiger charge is 2.27. The zero-order valence-electron chi connectivity index (χ0n) is 16.6. The molecule has 4 nitrogen and oxygen atoms in total. The van der Waals surface area contributed by atoms with Crippen LogP contribution in [0.5, 0.6) is 0 Å². The molecule has 0 unspecified atom stereocenters. The third-order valence-corrected chi connectivity index (χ3v) is 5.36. The van der Waals surface area contributed by atoms with Gasteiger partial charge in [-0.15, -0.1) is 11.8 Å². The van der Waals surface area contributed by atoms with Gasteiger partial charge >= 0.3 is 6.18 Å². The predicted molar refractivity (Wildman–Crippen MR) is 107 cm³/mol. The van der Waals surface area contributed by atoms with Crippen LogP contribution in [0.15, 0.2) is 29.2 Å². The van der Waals surface area contributed by atoms with E-state index >= 15 is 0 Å². The summed E-state index contributed by atoms with van der Waals surface area (Å²) in [7, 11) is 0. The average molecular weight is 414 g/mol. The first-order chi connectivity index (χ1) is 13.1. The van der Waals surface area contributed by atoms with Crippen molar-refractivity contribution in [2.75, 3.05) is 11.1 Å². The molecule has 0 radical (unpaired) electrons. The van der Waals surface area contributed by atoms with Crippen LogP contribution >= 0.6 is 11.8 Å². The molecule has 0 fully saturated rings. The minimum Gasteiger partial charge on any atom is -0.325 e. The van der Waals surface area contributed by atoms with Crippen molar-refractivity contribution in [2.45, 2.75) is 58.2 Å². The number of carbonyl (C=O) groups is 1. The Bertz CT molecular complexity index is 816. The van der Waals surface area contributed by atoms with Crippen LogP contribution in [0.25, 0.3) is 0 Å². The molecule has 0 aliphatic rings. The summed E-state index contributed by atoms with van der Waals surface area (Å²) < 4.78 is 39.4. The normalized spacial score (nSPS) is 11.9. The van der Waals surface area contributed by atoms with Crippen molar-refractivity contribution in [2.24, 2.45) is 5.92 Å². The number of benzene rings is 1. The van der Waals surface area contributed by atoms with Crippen molar-refractivity contribution in [3.63, 3.8) is 0 Å². The number of aromatic nitrogens is 2. The number of halogens is 3. The lowest BCUT2D eigenvalue weighted by molar-refractivity contribution is -0.116. The Balaban J connectivity index is 1.99. The Labute approximate surface area is 167 Å². The lowest BCUT2D eigenvalue weighted by Gasteiger charge is -2.12. The number of aryl methyl sites for hydroxylation is 1. The molecule has 1 heterocycles. The molecule has 28 heavy (non-hydrogen) atoms. The summed E-state index contributed by atoms with van der Waals surface area (Å²) in [5, 5.41) is 7.29. The SMILES string of the molecule is Cc1nn(CC(C)C)c(C)c1CCC(=O)Nc1ccccc1SCC(F)(F)F. The molecule has 0 aliphatic heterocycles. The molecule has 0 aliphatic carbocycles. The molecular formula is C20H26F3N3OS. The van der Waals surface area contributed by atoms with Crippen LogP contribution in [0, 0.1) is 19.8 Å². The van der Waals surface area contributed by atoms with Gasteiger partial charge in [-0.25, -0.2) is 0 Å². The Morgan fingerprint density at radius 1 is 1.25 bits per heavy atom. The second-order valence-corrected chi connectivity index (χ2v) is 8.19. The van der Waals surface area contributed by atoms with Crippen LogP contribution in [0.3, 0.4) is 0 Å². The fourth-order valence-corrected chi connectivity index (χ4v) is 3.69. The molecule has 1 aromatic carbocycles. The largest absolute Gasteiger partial charge is 0.398 e. The fraction of sp³-hybridized carbons (Fsp3) is 0.500. The minimum atomic E-state index is -4.26. The maximum atomic E-state index is 12.5. The maximum absolute atomic E-state index is 12.5. The van der Waals surface area contributed by atoms with E-state index in [1.807, 2.05) is 18.5 Å². The number of hydrogen-bond acceptors (Lipinski definition) is 3. The van der Waals surface area contributed by atoms with E-state index in [0.29, 0.717) is 34.7 Å². The molecule has 8 heteroatoms. The number of nitrogens with one attached hydrogen (secondary N) is 1. The summed E-state index contributed by atoms with van der Waals surface area (Å²) in [6.07, 6.45) is -3.47. The van der Waals surface area contributed by atoms with Crippen LogP contribution < -0.4 is 5.32 Å². The summed E-state index contributed by atoms with van der Waals surface area (Å²) in [5.74, 6) is -0.747. The van der Waals surface area contributed by atoms with E-state index < -0.39 is 11.9 Å². The second kappa shape index (κ2) is 9.49. The molecule has 0 spiro atoms. The molecule has 154 valence electrons. The van der Waals surface area contributed by atoms with Gasteiger partial charge in [-0.1, -0.05) is 26.0 Å². The Morgan fingerprint density at radius 3 is 2.57 bits per heavy atom. The van der Waals surface area contributed by atoms with Crippen molar-refractivity contribution in [1.82, 2.24) is 9.78 Å². The number of nitrogens with zero attached hydrogens (tertiary/aromatic N) is 2. The van der Waals surface area contributed by atoms with Crippen molar-refractivity contribution < 1.29 is 18.0 Å². The molecule has 1 amide bonds. The number of anilines is 1. The zero-order chi connectivity index (χ0) is 20.9. The summed E-state index contributed by atoms with van der Waals surface area (Å²) in [5.41, 5.74) is 3.42. The van der Waals surface area contributed by atoms with E-state index in [1.165, 1.54) is 0 Å². The monoisotopic (exact) mass is 413 g/mol. The molecule has 1 aromatic heterocycles. The lowest BCUT2D eigenvalue weighted by Crippen LogP contribution is -2.14. The van der Waals surface area contributed by atoms with Crippen molar-refractivity contribution in [3.8, 4) is 0 Å². The first-order valence-electron chi connectivity index (χ1n) is 9.18. The van der Waals surface area contributed by atoms with Gasteiger partial charge in [-0.2, -0.15) is 18.3 Å². The first kappa shape index (κ1) is 22.3. The average Bonchev–Trinajstić information content (AvgIpc) is 2.84. The van der Waals surface area contributed by atoms with Gasteiger partial charge in [0.1, 0.15) is 0 Å². The predicted octanol–water partition coefficient (Wildman–Crippen LogP) is 5.38. The van der Waals surface area contributed by atoms with E-state index in [2.05, 4.69) is 24.3 Å². The quantitative estimate of drug-likeness (QED) is 0.591. The molecule has 0 saturated carbocycles. The van der Waals surface area contributed by atoms with Gasteiger partial charge in [-0.05, 0) is 43.9 Å². The highest BCUT2D eigenvalue weighted by Crippen LogP contribution is 2.32. The van der Waals surface area contributed by atoms with Crippen LogP contribution in [-0.4, -0.2) is 27.6 Å². The van der Waals surface area contributed by atoms with E-state index in [9.17, 15) is 18.0 Å². The number of alkyl halides is 3. The summed E-state index contributed by atoms with van der Waals surface area (Å²) in [6, 6.07) is 6.55. The van der Waals surface area contributed by atoms with Gasteiger partial charge in [0.2, 0.25) is 5.91 Å². The van der Waals surface area contributed by atoms with Crippen molar-refractivity contribution in [1.29, 1.82) is 0 Å². The number of rotatable bonds is 8. The van der Waals surface area contributed by atoms with Crippen molar-refractivity contribution in [3.05, 3.63) is 41.2 Å². The first-order valence-corrected chi connectivity index (χ1v) is 10.2. The highest BCUT2D eigenvalue weighted by atomic mass is 32.2. The smallest absolute Gasteiger partial charge is 0.325 e. The standard InChI is InChI=1S/C20H26F3N3OS/c1-13(2)11-26-15(4)16(14(3)25-26)9-10-19(27)24-17-7-5-6-8-18(17)28-12-20(21,22)23/h5-8,13H,9-12H2,1-4H3,(H,24,27). The second-order valence-electron chi connectivity index (χ2n) is 7.17. The van der Waals surface area contributed by atoms with Crippen LogP contribution in [-0.2, 0) is 17.8 Å². The minimum absolute atomic E-state index is 0.226. The van der Waals surface area contributed by atoms with E-state index in [0.717, 1.165) is 23.5 Å². The number of amides is 1. The van der Waals surface area contributed by atoms with Gasteiger partial charge in [0, 0.05) is 23.6 Å². The fourth-order valence-electron chi connectivity index (χ4n) is 2.93. The van der Waals surface area contributed by atoms with Gasteiger partial charge in [0.25, 0.3) is 0 Å². The topological polar surface area (TPSA) is 46.9 Å². The summed E-state index contributed by atoms with van der Waals surface area (Å²) in [6.45, 7) is 9.00. The molecule has 0 bridgehead atoms. The molecule has 1 N–H and O–H groups in total. The lowest BCUT2D eigenvalue weighted by atomic mass is 10.1. The Hall–Kier alpha value is -1.96. The molecule has 2 aromatic rings. The maximum Gasteiger partial charge on any atom is 0.398 e.